The molecule has 0 saturated carbocycles. The van der Waals surface area contributed by atoms with E-state index in [-0.39, 0.29) is 6.04 Å². The van der Waals surface area contributed by atoms with Crippen LogP contribution in [0.3, 0.4) is 0 Å². The SMILES string of the molecule is CCNC(c1cc2sccc2s1)c1occc1Br. The summed E-state index contributed by atoms with van der Waals surface area (Å²) < 4.78 is 9.32. The Hall–Kier alpha value is -0.620. The van der Waals surface area contributed by atoms with E-state index in [0.717, 1.165) is 16.8 Å². The first kappa shape index (κ1) is 12.4. The predicted molar refractivity (Wildman–Crippen MR) is 81.6 cm³/mol. The van der Waals surface area contributed by atoms with Crippen molar-refractivity contribution in [1.82, 2.24) is 5.32 Å². The molecule has 0 aliphatic rings. The number of halogens is 1. The van der Waals surface area contributed by atoms with Gasteiger partial charge in [-0.25, -0.2) is 0 Å². The van der Waals surface area contributed by atoms with Gasteiger partial charge in [-0.2, -0.15) is 0 Å². The monoisotopic (exact) mass is 341 g/mol. The van der Waals surface area contributed by atoms with Gasteiger partial charge >= 0.3 is 0 Å². The number of furan rings is 1. The van der Waals surface area contributed by atoms with Gasteiger partial charge in [-0.3, -0.25) is 0 Å². The second-order valence-electron chi connectivity index (χ2n) is 3.92. The second kappa shape index (κ2) is 5.17. The van der Waals surface area contributed by atoms with E-state index >= 15 is 0 Å². The quantitative estimate of drug-likeness (QED) is 0.720. The van der Waals surface area contributed by atoms with Gasteiger partial charge < -0.3 is 9.73 Å². The standard InChI is InChI=1S/C13H12BrNOS2/c1-2-15-12(13-8(14)3-5-16-13)11-7-10-9(18-11)4-6-17-10/h3-7,12,15H,2H2,1H3. The van der Waals surface area contributed by atoms with Crippen LogP contribution in [-0.4, -0.2) is 6.54 Å². The van der Waals surface area contributed by atoms with Crippen molar-refractivity contribution >= 4 is 48.0 Å². The Morgan fingerprint density at radius 2 is 2.28 bits per heavy atom. The highest BCUT2D eigenvalue weighted by atomic mass is 79.9. The third kappa shape index (κ3) is 2.16. The first-order valence-corrected chi connectivity index (χ1v) is 8.21. The highest BCUT2D eigenvalue weighted by Crippen LogP contribution is 2.37. The number of fused-ring (bicyclic) bond motifs is 1. The van der Waals surface area contributed by atoms with E-state index in [1.165, 1.54) is 14.3 Å². The molecule has 0 aliphatic heterocycles. The number of rotatable bonds is 4. The van der Waals surface area contributed by atoms with Crippen LogP contribution >= 0.6 is 38.6 Å². The fourth-order valence-corrected chi connectivity index (χ4v) is 4.59. The summed E-state index contributed by atoms with van der Waals surface area (Å²) in [6, 6.07) is 6.50. The summed E-state index contributed by atoms with van der Waals surface area (Å²) in [6.07, 6.45) is 1.72. The molecule has 94 valence electrons. The van der Waals surface area contributed by atoms with Crippen LogP contribution in [0.2, 0.25) is 0 Å². The molecular formula is C13H12BrNOS2. The summed E-state index contributed by atoms with van der Waals surface area (Å²) in [6.45, 7) is 3.02. The number of hydrogen-bond donors (Lipinski definition) is 1. The van der Waals surface area contributed by atoms with Gasteiger partial charge in [0.05, 0.1) is 10.7 Å². The maximum absolute atomic E-state index is 5.61. The van der Waals surface area contributed by atoms with Crippen LogP contribution in [0.5, 0.6) is 0 Å². The first-order chi connectivity index (χ1) is 8.79. The van der Waals surface area contributed by atoms with Crippen LogP contribution in [0.4, 0.5) is 0 Å². The second-order valence-corrected chi connectivity index (χ2v) is 6.84. The maximum atomic E-state index is 5.61. The van der Waals surface area contributed by atoms with Gasteiger partial charge in [0, 0.05) is 14.3 Å². The molecule has 0 saturated heterocycles. The van der Waals surface area contributed by atoms with Crippen LogP contribution in [-0.2, 0) is 0 Å². The summed E-state index contributed by atoms with van der Waals surface area (Å²) in [5.41, 5.74) is 0. The van der Waals surface area contributed by atoms with Gasteiger partial charge in [0.2, 0.25) is 0 Å². The van der Waals surface area contributed by atoms with Gasteiger partial charge in [-0.05, 0) is 46.1 Å². The molecule has 1 unspecified atom stereocenters. The van der Waals surface area contributed by atoms with Crippen LogP contribution in [0.1, 0.15) is 23.6 Å². The van der Waals surface area contributed by atoms with Crippen LogP contribution < -0.4 is 5.32 Å². The van der Waals surface area contributed by atoms with Gasteiger partial charge in [-0.15, -0.1) is 22.7 Å². The van der Waals surface area contributed by atoms with Crippen LogP contribution in [0.25, 0.3) is 9.40 Å². The third-order valence-electron chi connectivity index (χ3n) is 2.76. The van der Waals surface area contributed by atoms with Crippen LogP contribution in [0.15, 0.2) is 38.7 Å². The molecule has 0 fully saturated rings. The molecule has 0 spiro atoms. The molecule has 3 heterocycles. The molecule has 0 aliphatic carbocycles. The Labute approximate surface area is 122 Å². The molecule has 0 amide bonds. The molecule has 1 N–H and O–H groups in total. The third-order valence-corrected chi connectivity index (χ3v) is 5.57. The maximum Gasteiger partial charge on any atom is 0.140 e. The molecule has 0 aromatic carbocycles. The van der Waals surface area contributed by atoms with Crippen molar-refractivity contribution in [2.24, 2.45) is 0 Å². The van der Waals surface area contributed by atoms with Crippen molar-refractivity contribution in [3.05, 3.63) is 45.0 Å². The minimum absolute atomic E-state index is 0.129. The number of thiophene rings is 2. The van der Waals surface area contributed by atoms with E-state index in [1.807, 2.05) is 17.4 Å². The van der Waals surface area contributed by atoms with Gasteiger partial charge in [0.25, 0.3) is 0 Å². The van der Waals surface area contributed by atoms with E-state index in [2.05, 4.69) is 45.7 Å². The summed E-state index contributed by atoms with van der Waals surface area (Å²) >= 11 is 7.15. The molecule has 18 heavy (non-hydrogen) atoms. The fraction of sp³-hybridized carbons (Fsp3) is 0.231. The van der Waals surface area contributed by atoms with Gasteiger partial charge in [-0.1, -0.05) is 6.92 Å². The average Bonchev–Trinajstić information content (AvgIpc) is 3.00. The lowest BCUT2D eigenvalue weighted by Crippen LogP contribution is -2.20. The van der Waals surface area contributed by atoms with Crippen molar-refractivity contribution in [2.75, 3.05) is 6.54 Å². The topological polar surface area (TPSA) is 25.2 Å². The summed E-state index contributed by atoms with van der Waals surface area (Å²) in [7, 11) is 0. The fourth-order valence-electron chi connectivity index (χ4n) is 1.96. The van der Waals surface area contributed by atoms with Crippen molar-refractivity contribution in [3.63, 3.8) is 0 Å². The zero-order valence-corrected chi connectivity index (χ0v) is 13.0. The van der Waals surface area contributed by atoms with Crippen LogP contribution in [0, 0.1) is 0 Å². The molecule has 5 heteroatoms. The molecule has 2 nitrogen and oxygen atoms in total. The normalized spacial score (nSPS) is 13.2. The zero-order valence-electron chi connectivity index (χ0n) is 9.77. The number of hydrogen-bond acceptors (Lipinski definition) is 4. The Morgan fingerprint density at radius 3 is 2.94 bits per heavy atom. The largest absolute Gasteiger partial charge is 0.466 e. The van der Waals surface area contributed by atoms with Crippen molar-refractivity contribution in [2.45, 2.75) is 13.0 Å². The lowest BCUT2D eigenvalue weighted by molar-refractivity contribution is 0.453. The molecular weight excluding hydrogens is 330 g/mol. The Balaban J connectivity index is 2.04. The molecule has 3 aromatic heterocycles. The highest BCUT2D eigenvalue weighted by molar-refractivity contribution is 9.10. The molecule has 3 rings (SSSR count). The lowest BCUT2D eigenvalue weighted by Gasteiger charge is -2.14. The van der Waals surface area contributed by atoms with Crippen molar-refractivity contribution in [1.29, 1.82) is 0 Å². The van der Waals surface area contributed by atoms with E-state index in [9.17, 15) is 0 Å². The van der Waals surface area contributed by atoms with E-state index in [0.29, 0.717) is 0 Å². The molecule has 3 aromatic rings. The predicted octanol–water partition coefficient (Wildman–Crippen LogP) is 5.02. The van der Waals surface area contributed by atoms with Gasteiger partial charge in [0.1, 0.15) is 11.8 Å². The summed E-state index contributed by atoms with van der Waals surface area (Å²) in [5.74, 6) is 0.950. The molecule has 1 atom stereocenters. The Kier molecular flexibility index (Phi) is 3.56. The average molecular weight is 342 g/mol. The zero-order chi connectivity index (χ0) is 12.5. The Bertz CT molecular complexity index is 626. The summed E-state index contributed by atoms with van der Waals surface area (Å²) in [5, 5.41) is 5.62. The van der Waals surface area contributed by atoms with Crippen molar-refractivity contribution in [3.8, 4) is 0 Å². The lowest BCUT2D eigenvalue weighted by atomic mass is 10.2. The first-order valence-electron chi connectivity index (χ1n) is 5.72. The summed E-state index contributed by atoms with van der Waals surface area (Å²) in [4.78, 5) is 1.30. The van der Waals surface area contributed by atoms with E-state index < -0.39 is 0 Å². The van der Waals surface area contributed by atoms with E-state index in [1.54, 1.807) is 17.6 Å². The highest BCUT2D eigenvalue weighted by Gasteiger charge is 2.21. The van der Waals surface area contributed by atoms with Gasteiger partial charge in [0.15, 0.2) is 0 Å². The van der Waals surface area contributed by atoms with E-state index in [4.69, 9.17) is 4.42 Å². The molecule has 0 radical (unpaired) electrons. The number of nitrogens with one attached hydrogen (secondary N) is 1. The molecule has 0 bridgehead atoms. The smallest absolute Gasteiger partial charge is 0.140 e. The van der Waals surface area contributed by atoms with Crippen molar-refractivity contribution < 1.29 is 4.42 Å². The Morgan fingerprint density at radius 1 is 1.39 bits per heavy atom. The minimum atomic E-state index is 0.129. The minimum Gasteiger partial charge on any atom is -0.466 e.